The number of piperidine rings is 1. The minimum absolute atomic E-state index is 0.366. The molecule has 158 valence electrons. The van der Waals surface area contributed by atoms with Crippen molar-refractivity contribution in [2.24, 2.45) is 4.99 Å². The van der Waals surface area contributed by atoms with Crippen molar-refractivity contribution in [3.05, 3.63) is 53.4 Å². The molecule has 0 aliphatic carbocycles. The van der Waals surface area contributed by atoms with Crippen molar-refractivity contribution in [2.75, 3.05) is 13.1 Å². The maximum atomic E-state index is 5.41. The van der Waals surface area contributed by atoms with Crippen LogP contribution in [-0.2, 0) is 13.1 Å². The van der Waals surface area contributed by atoms with Crippen LogP contribution >= 0.6 is 0 Å². The highest BCUT2D eigenvalue weighted by Gasteiger charge is 2.26. The van der Waals surface area contributed by atoms with Crippen molar-refractivity contribution in [1.29, 1.82) is 0 Å². The molecule has 1 saturated heterocycles. The first-order valence-electron chi connectivity index (χ1n) is 10.8. The minimum atomic E-state index is 0.366. The summed E-state index contributed by atoms with van der Waals surface area (Å²) in [6.45, 7) is 12.1. The molecule has 0 bridgehead atoms. The monoisotopic (exact) mass is 397 g/mol. The number of aliphatic imine (C=N–C) groups is 1. The van der Waals surface area contributed by atoms with E-state index in [4.69, 9.17) is 9.52 Å². The molecule has 1 aliphatic rings. The fourth-order valence-corrected chi connectivity index (χ4v) is 3.75. The summed E-state index contributed by atoms with van der Waals surface area (Å²) >= 11 is 0. The van der Waals surface area contributed by atoms with Crippen molar-refractivity contribution >= 4 is 5.96 Å². The molecule has 2 atom stereocenters. The number of rotatable bonds is 7. The Balaban J connectivity index is 1.53. The van der Waals surface area contributed by atoms with Gasteiger partial charge in [-0.15, -0.1) is 0 Å². The molecule has 0 radical (unpaired) electrons. The van der Waals surface area contributed by atoms with Crippen molar-refractivity contribution in [3.8, 4) is 0 Å². The Morgan fingerprint density at radius 2 is 2.10 bits per heavy atom. The highest BCUT2D eigenvalue weighted by Crippen LogP contribution is 2.20. The van der Waals surface area contributed by atoms with Crippen molar-refractivity contribution in [3.63, 3.8) is 0 Å². The number of guanidine groups is 1. The summed E-state index contributed by atoms with van der Waals surface area (Å²) in [4.78, 5) is 7.28. The number of aromatic nitrogens is 1. The van der Waals surface area contributed by atoms with E-state index in [1.807, 2.05) is 6.07 Å². The summed E-state index contributed by atoms with van der Waals surface area (Å²) in [6, 6.07) is 13.7. The average molecular weight is 398 g/mol. The van der Waals surface area contributed by atoms with E-state index in [0.29, 0.717) is 24.5 Å². The van der Waals surface area contributed by atoms with E-state index in [1.165, 1.54) is 5.56 Å². The van der Waals surface area contributed by atoms with Crippen LogP contribution in [0.2, 0.25) is 0 Å². The molecule has 2 unspecified atom stereocenters. The molecule has 29 heavy (non-hydrogen) atoms. The molecule has 3 rings (SSSR count). The van der Waals surface area contributed by atoms with Crippen LogP contribution in [0.25, 0.3) is 0 Å². The van der Waals surface area contributed by atoms with E-state index in [1.54, 1.807) is 0 Å². The van der Waals surface area contributed by atoms with Gasteiger partial charge in [0.25, 0.3) is 0 Å². The van der Waals surface area contributed by atoms with Crippen LogP contribution in [-0.4, -0.2) is 41.2 Å². The zero-order valence-electron chi connectivity index (χ0n) is 18.2. The van der Waals surface area contributed by atoms with Gasteiger partial charge >= 0.3 is 0 Å². The van der Waals surface area contributed by atoms with Gasteiger partial charge in [-0.2, -0.15) is 0 Å². The molecule has 6 heteroatoms. The molecule has 0 amide bonds. The molecule has 2 heterocycles. The molecule has 2 aromatic rings. The number of hydrogen-bond acceptors (Lipinski definition) is 4. The van der Waals surface area contributed by atoms with Gasteiger partial charge in [0, 0.05) is 37.8 Å². The Bertz CT molecular complexity index is 771. The molecule has 0 spiro atoms. The lowest BCUT2D eigenvalue weighted by molar-refractivity contribution is 0.134. The molecule has 1 fully saturated rings. The summed E-state index contributed by atoms with van der Waals surface area (Å²) in [6.07, 6.45) is 2.22. The van der Waals surface area contributed by atoms with Gasteiger partial charge in [0.2, 0.25) is 0 Å². The lowest BCUT2D eigenvalue weighted by Crippen LogP contribution is -2.51. The Morgan fingerprint density at radius 3 is 2.76 bits per heavy atom. The minimum Gasteiger partial charge on any atom is -0.359 e. The van der Waals surface area contributed by atoms with E-state index in [0.717, 1.165) is 49.9 Å². The molecular formula is C23H35N5O. The third-order valence-corrected chi connectivity index (χ3v) is 5.49. The largest absolute Gasteiger partial charge is 0.359 e. The van der Waals surface area contributed by atoms with E-state index >= 15 is 0 Å². The van der Waals surface area contributed by atoms with Crippen LogP contribution in [0.5, 0.6) is 0 Å². The average Bonchev–Trinajstić information content (AvgIpc) is 3.19. The van der Waals surface area contributed by atoms with E-state index in [9.17, 15) is 0 Å². The highest BCUT2D eigenvalue weighted by molar-refractivity contribution is 5.80. The number of nitrogens with zero attached hydrogens (tertiary/aromatic N) is 3. The maximum absolute atomic E-state index is 5.41. The fraction of sp³-hybridized carbons (Fsp3) is 0.565. The number of nitrogens with one attached hydrogen (secondary N) is 2. The van der Waals surface area contributed by atoms with Crippen molar-refractivity contribution in [1.82, 2.24) is 20.7 Å². The van der Waals surface area contributed by atoms with E-state index in [2.05, 4.69) is 78.7 Å². The van der Waals surface area contributed by atoms with E-state index in [-0.39, 0.29) is 0 Å². The summed E-state index contributed by atoms with van der Waals surface area (Å²) in [5.74, 6) is 2.02. The first kappa shape index (κ1) is 21.4. The molecule has 1 aromatic heterocycles. The lowest BCUT2D eigenvalue weighted by Gasteiger charge is -2.38. The second kappa shape index (κ2) is 10.4. The fourth-order valence-electron chi connectivity index (χ4n) is 3.75. The number of hydrogen-bond donors (Lipinski definition) is 2. The Labute approximate surface area is 174 Å². The third kappa shape index (κ3) is 6.32. The van der Waals surface area contributed by atoms with Crippen molar-refractivity contribution in [2.45, 2.75) is 71.6 Å². The zero-order chi connectivity index (χ0) is 20.6. The number of benzene rings is 1. The molecule has 1 aliphatic heterocycles. The smallest absolute Gasteiger partial charge is 0.191 e. The quantitative estimate of drug-likeness (QED) is 0.548. The normalized spacial score (nSPS) is 20.8. The summed E-state index contributed by atoms with van der Waals surface area (Å²) in [5.41, 5.74) is 2.36. The second-order valence-corrected chi connectivity index (χ2v) is 8.24. The van der Waals surface area contributed by atoms with Gasteiger partial charge < -0.3 is 15.2 Å². The Kier molecular flexibility index (Phi) is 7.69. The summed E-state index contributed by atoms with van der Waals surface area (Å²) in [7, 11) is 0. The van der Waals surface area contributed by atoms with Crippen molar-refractivity contribution < 1.29 is 4.52 Å². The predicted octanol–water partition coefficient (Wildman–Crippen LogP) is 3.91. The summed E-state index contributed by atoms with van der Waals surface area (Å²) in [5, 5.41) is 11.1. The predicted molar refractivity (Wildman–Crippen MR) is 118 cm³/mol. The van der Waals surface area contributed by atoms with Crippen LogP contribution < -0.4 is 10.6 Å². The third-order valence-electron chi connectivity index (χ3n) is 5.49. The van der Waals surface area contributed by atoms with Crippen LogP contribution in [0.15, 0.2) is 45.9 Å². The van der Waals surface area contributed by atoms with Gasteiger partial charge in [0.1, 0.15) is 6.54 Å². The first-order valence-corrected chi connectivity index (χ1v) is 10.8. The maximum Gasteiger partial charge on any atom is 0.191 e. The Morgan fingerprint density at radius 1 is 1.31 bits per heavy atom. The van der Waals surface area contributed by atoms with Gasteiger partial charge in [-0.05, 0) is 38.2 Å². The standard InChI is InChI=1S/C23H35N5O/c1-5-24-23(25-15-21-14-22(17(2)3)27-29-21)26-20-11-12-28(18(4)13-20)16-19-9-7-6-8-10-19/h6-10,14,17-18,20H,5,11-13,15-16H2,1-4H3,(H2,24,25,26). The number of likely N-dealkylation sites (tertiary alicyclic amines) is 1. The zero-order valence-corrected chi connectivity index (χ0v) is 18.2. The molecule has 2 N–H and O–H groups in total. The first-order chi connectivity index (χ1) is 14.0. The Hall–Kier alpha value is -2.34. The lowest BCUT2D eigenvalue weighted by atomic mass is 9.97. The van der Waals surface area contributed by atoms with Gasteiger partial charge in [-0.25, -0.2) is 4.99 Å². The highest BCUT2D eigenvalue weighted by atomic mass is 16.5. The second-order valence-electron chi connectivity index (χ2n) is 8.24. The van der Waals surface area contributed by atoms with E-state index < -0.39 is 0 Å². The van der Waals surface area contributed by atoms with Gasteiger partial charge in [0.15, 0.2) is 11.7 Å². The van der Waals surface area contributed by atoms with Gasteiger partial charge in [-0.3, -0.25) is 4.90 Å². The van der Waals surface area contributed by atoms with Gasteiger partial charge in [-0.1, -0.05) is 49.3 Å². The SMILES string of the molecule is CCNC(=NCc1cc(C(C)C)no1)NC1CCN(Cc2ccccc2)C(C)C1. The molecular weight excluding hydrogens is 362 g/mol. The van der Waals surface area contributed by atoms with Crippen LogP contribution in [0.3, 0.4) is 0 Å². The van der Waals surface area contributed by atoms with Crippen LogP contribution in [0, 0.1) is 0 Å². The van der Waals surface area contributed by atoms with Gasteiger partial charge in [0.05, 0.1) is 5.69 Å². The topological polar surface area (TPSA) is 65.7 Å². The molecule has 6 nitrogen and oxygen atoms in total. The molecule has 0 saturated carbocycles. The van der Waals surface area contributed by atoms with Crippen LogP contribution in [0.1, 0.15) is 63.5 Å². The molecule has 1 aromatic carbocycles. The summed E-state index contributed by atoms with van der Waals surface area (Å²) < 4.78 is 5.41. The van der Waals surface area contributed by atoms with Crippen LogP contribution in [0.4, 0.5) is 0 Å².